The second-order valence-electron chi connectivity index (χ2n) is 4.07. The number of quaternary nitrogens is 1. The number of benzene rings is 1. The van der Waals surface area contributed by atoms with E-state index in [-0.39, 0.29) is 24.3 Å². The Morgan fingerprint density at radius 3 is 2.09 bits per heavy atom. The smallest absolute Gasteiger partial charge is 0.238 e. The third-order valence-corrected chi connectivity index (χ3v) is 3.11. The van der Waals surface area contributed by atoms with Gasteiger partial charge in [-0.2, -0.15) is 0 Å². The number of amides is 1. The number of carbonyl (C=O) groups excluding carboxylic acids is 2. The van der Waals surface area contributed by atoms with Gasteiger partial charge in [0.2, 0.25) is 15.9 Å². The van der Waals surface area contributed by atoms with Gasteiger partial charge in [0.1, 0.15) is 0 Å². The van der Waals surface area contributed by atoms with Crippen LogP contribution >= 0.6 is 0 Å². The predicted molar refractivity (Wildman–Crippen MR) is 75.5 cm³/mol. The lowest BCUT2D eigenvalue weighted by Gasteiger charge is -2.06. The quantitative estimate of drug-likeness (QED) is 0.431. The number of sulfonamides is 1. The van der Waals surface area contributed by atoms with Crippen molar-refractivity contribution in [2.24, 2.45) is 5.14 Å². The average molecular weight is 333 g/mol. The summed E-state index contributed by atoms with van der Waals surface area (Å²) >= 11 is 0. The molecule has 1 aromatic rings. The predicted octanol–water partition coefficient (Wildman–Crippen LogP) is -2.98. The Hall–Kier alpha value is -2.01. The van der Waals surface area contributed by atoms with Crippen molar-refractivity contribution in [3.63, 3.8) is 0 Å². The van der Waals surface area contributed by atoms with Crippen molar-refractivity contribution in [3.8, 4) is 0 Å². The summed E-state index contributed by atoms with van der Waals surface area (Å²) in [6.45, 7) is 0.833. The maximum Gasteiger partial charge on any atom is 0.238 e. The lowest BCUT2D eigenvalue weighted by atomic mass is 10.2. The minimum Gasteiger partial charge on any atom is -0.550 e. The number of carbonyl (C=O) groups is 2. The molecule has 22 heavy (non-hydrogen) atoms. The summed E-state index contributed by atoms with van der Waals surface area (Å²) in [5, 5.41) is 25.3. The number of primary sulfonamides is 1. The zero-order valence-electron chi connectivity index (χ0n) is 11.8. The van der Waals surface area contributed by atoms with Gasteiger partial charge >= 0.3 is 0 Å². The van der Waals surface area contributed by atoms with Crippen LogP contribution in [-0.4, -0.2) is 38.6 Å². The van der Waals surface area contributed by atoms with Crippen molar-refractivity contribution < 1.29 is 34.0 Å². The van der Waals surface area contributed by atoms with Crippen LogP contribution in [0.5, 0.6) is 0 Å². The monoisotopic (exact) mass is 333 g/mol. The van der Waals surface area contributed by atoms with Crippen LogP contribution in [0.25, 0.3) is 0 Å². The molecule has 1 rings (SSSR count). The Kier molecular flexibility index (Phi) is 8.94. The van der Waals surface area contributed by atoms with E-state index in [0.29, 0.717) is 12.2 Å². The van der Waals surface area contributed by atoms with E-state index in [1.54, 1.807) is 0 Å². The van der Waals surface area contributed by atoms with Crippen LogP contribution in [0.3, 0.4) is 0 Å². The molecule has 1 amide bonds. The first-order chi connectivity index (χ1) is 10.2. The molecule has 10 heteroatoms. The van der Waals surface area contributed by atoms with Crippen LogP contribution in [0, 0.1) is 0 Å². The molecule has 0 unspecified atom stereocenters. The number of aliphatic carboxylic acids is 1. The number of nitrogens with two attached hydrogens (primary N) is 1. The highest BCUT2D eigenvalue weighted by molar-refractivity contribution is 7.89. The second-order valence-corrected chi connectivity index (χ2v) is 5.63. The molecule has 0 bridgehead atoms. The van der Waals surface area contributed by atoms with Crippen LogP contribution in [0.2, 0.25) is 0 Å². The second kappa shape index (κ2) is 9.84. The molecule has 0 heterocycles. The number of aliphatic hydroxyl groups excluding tert-OH is 1. The van der Waals surface area contributed by atoms with Crippen molar-refractivity contribution in [2.45, 2.75) is 17.7 Å². The highest BCUT2D eigenvalue weighted by Gasteiger charge is 2.07. The molecule has 0 aliphatic rings. The van der Waals surface area contributed by atoms with Gasteiger partial charge in [0.15, 0.2) is 0 Å². The number of aliphatic hydroxyl groups is 1. The van der Waals surface area contributed by atoms with Crippen LogP contribution < -0.4 is 21.3 Å². The molecule has 0 saturated heterocycles. The minimum absolute atomic E-state index is 0.0739. The number of carboxylic acids is 1. The van der Waals surface area contributed by atoms with Gasteiger partial charge < -0.3 is 26.1 Å². The first kappa shape index (κ1) is 20.0. The molecule has 7 N–H and O–H groups in total. The average Bonchev–Trinajstić information content (AvgIpc) is 2.45. The third-order valence-electron chi connectivity index (χ3n) is 2.18. The molecule has 0 aliphatic carbocycles. The fraction of sp³-hybridized carbons (Fsp3) is 0.333. The fourth-order valence-corrected chi connectivity index (χ4v) is 1.68. The summed E-state index contributed by atoms with van der Waals surface area (Å²) < 4.78 is 21.9. The van der Waals surface area contributed by atoms with E-state index in [1.165, 1.54) is 24.3 Å². The first-order valence-corrected chi connectivity index (χ1v) is 7.78. The van der Waals surface area contributed by atoms with Crippen LogP contribution in [0.4, 0.5) is 5.69 Å². The van der Waals surface area contributed by atoms with Gasteiger partial charge in [-0.1, -0.05) is 0 Å². The van der Waals surface area contributed by atoms with Crippen molar-refractivity contribution >= 4 is 27.6 Å². The Morgan fingerprint density at radius 2 is 1.73 bits per heavy atom. The van der Waals surface area contributed by atoms with Crippen molar-refractivity contribution in [1.82, 2.24) is 0 Å². The Labute approximate surface area is 128 Å². The standard InChI is InChI=1S/C10H12N2O5S.C2H7NO/c11-18(16,17)8-3-1-7(2-4-8)12-9(13)5-6-10(14)15;3-1-2-4/h1-4H,5-6H2,(H,12,13)(H,14,15)(H2,11,16,17);4H,1-3H2. The first-order valence-electron chi connectivity index (χ1n) is 6.23. The molecule has 1 aromatic carbocycles. The minimum atomic E-state index is -3.77. The van der Waals surface area contributed by atoms with Gasteiger partial charge in [0.05, 0.1) is 18.0 Å². The van der Waals surface area contributed by atoms with Crippen LogP contribution in [-0.2, 0) is 19.6 Å². The van der Waals surface area contributed by atoms with Gasteiger partial charge in [-0.15, -0.1) is 0 Å². The molecule has 0 radical (unpaired) electrons. The largest absolute Gasteiger partial charge is 0.550 e. The SMILES string of the molecule is NS(=O)(=O)c1ccc(NC(=O)CCC(=O)[O-])cc1.[NH3+]CCO. The summed E-state index contributed by atoms with van der Waals surface area (Å²) in [6, 6.07) is 5.20. The lowest BCUT2D eigenvalue weighted by Crippen LogP contribution is -2.51. The van der Waals surface area contributed by atoms with E-state index in [9.17, 15) is 23.1 Å². The molecule has 0 saturated carbocycles. The van der Waals surface area contributed by atoms with Gasteiger partial charge in [-0.05, 0) is 30.7 Å². The topological polar surface area (TPSA) is 177 Å². The van der Waals surface area contributed by atoms with E-state index in [0.717, 1.165) is 0 Å². The van der Waals surface area contributed by atoms with Crippen molar-refractivity contribution in [1.29, 1.82) is 0 Å². The summed E-state index contributed by atoms with van der Waals surface area (Å²) in [6.07, 6.45) is -0.583. The fourth-order valence-electron chi connectivity index (χ4n) is 1.17. The van der Waals surface area contributed by atoms with E-state index in [1.807, 2.05) is 0 Å². The van der Waals surface area contributed by atoms with Gasteiger partial charge in [0, 0.05) is 18.1 Å². The molecule has 0 aliphatic heterocycles. The maximum atomic E-state index is 11.3. The molecule has 9 nitrogen and oxygen atoms in total. The highest BCUT2D eigenvalue weighted by atomic mass is 32.2. The molecule has 0 atom stereocenters. The third kappa shape index (κ3) is 9.02. The normalized spacial score (nSPS) is 10.3. The van der Waals surface area contributed by atoms with Crippen LogP contribution in [0.1, 0.15) is 12.8 Å². The Morgan fingerprint density at radius 1 is 1.23 bits per heavy atom. The van der Waals surface area contributed by atoms with Crippen molar-refractivity contribution in [2.75, 3.05) is 18.5 Å². The zero-order chi connectivity index (χ0) is 17.2. The molecule has 124 valence electrons. The number of nitrogens with one attached hydrogen (secondary N) is 1. The number of carboxylic acid groups (broad SMARTS) is 1. The molecule has 0 fully saturated rings. The van der Waals surface area contributed by atoms with E-state index < -0.39 is 21.9 Å². The Balaban J connectivity index is 0.000000980. The zero-order valence-corrected chi connectivity index (χ0v) is 12.6. The molecule has 0 aromatic heterocycles. The summed E-state index contributed by atoms with van der Waals surface area (Å²) in [5.74, 6) is -1.81. The van der Waals surface area contributed by atoms with E-state index in [4.69, 9.17) is 10.2 Å². The highest BCUT2D eigenvalue weighted by Crippen LogP contribution is 2.12. The summed E-state index contributed by atoms with van der Waals surface area (Å²) in [4.78, 5) is 21.3. The maximum absolute atomic E-state index is 11.3. The molecular formula is C12H19N3O6S. The number of hydrogen-bond donors (Lipinski definition) is 4. The van der Waals surface area contributed by atoms with Crippen LogP contribution in [0.15, 0.2) is 29.2 Å². The number of hydrogen-bond acceptors (Lipinski definition) is 6. The summed E-state index contributed by atoms with van der Waals surface area (Å²) in [7, 11) is -3.77. The summed E-state index contributed by atoms with van der Waals surface area (Å²) in [5.41, 5.74) is 3.71. The van der Waals surface area contributed by atoms with Gasteiger partial charge in [-0.3, -0.25) is 4.79 Å². The Bertz CT molecular complexity index is 583. The van der Waals surface area contributed by atoms with Gasteiger partial charge in [-0.25, -0.2) is 13.6 Å². The lowest BCUT2D eigenvalue weighted by molar-refractivity contribution is -0.372. The van der Waals surface area contributed by atoms with E-state index >= 15 is 0 Å². The number of rotatable bonds is 6. The van der Waals surface area contributed by atoms with Crippen molar-refractivity contribution in [3.05, 3.63) is 24.3 Å². The molecule has 0 spiro atoms. The van der Waals surface area contributed by atoms with Gasteiger partial charge in [0.25, 0.3) is 0 Å². The van der Waals surface area contributed by atoms with E-state index in [2.05, 4.69) is 11.1 Å². The molecular weight excluding hydrogens is 314 g/mol. The number of anilines is 1.